The number of benzene rings is 3. The van der Waals surface area contributed by atoms with Gasteiger partial charge in [0.2, 0.25) is 5.91 Å². The van der Waals surface area contributed by atoms with Crippen molar-refractivity contribution in [3.05, 3.63) is 94.9 Å². The van der Waals surface area contributed by atoms with Crippen molar-refractivity contribution >= 4 is 51.9 Å². The van der Waals surface area contributed by atoms with Gasteiger partial charge in [0.05, 0.1) is 4.91 Å². The number of nitrogens with one attached hydrogen (secondary N) is 1. The Labute approximate surface area is 202 Å². The van der Waals surface area contributed by atoms with Gasteiger partial charge in [0.1, 0.15) is 21.9 Å². The number of ether oxygens (including phenoxy) is 1. The molecule has 1 heterocycles. The molecule has 1 aliphatic heterocycles. The van der Waals surface area contributed by atoms with Crippen molar-refractivity contribution in [1.82, 2.24) is 4.90 Å². The molecule has 1 N–H and O–H groups in total. The zero-order valence-electron chi connectivity index (χ0n) is 18.1. The Morgan fingerprint density at radius 1 is 1.03 bits per heavy atom. The Morgan fingerprint density at radius 2 is 1.73 bits per heavy atom. The Bertz CT molecular complexity index is 1220. The second kappa shape index (κ2) is 10.0. The lowest BCUT2D eigenvalue weighted by molar-refractivity contribution is -0.129. The molecule has 7 heteroatoms. The predicted molar refractivity (Wildman–Crippen MR) is 137 cm³/mol. The van der Waals surface area contributed by atoms with Crippen LogP contribution in [0, 0.1) is 6.92 Å². The molecule has 1 fully saturated rings. The highest BCUT2D eigenvalue weighted by molar-refractivity contribution is 8.26. The summed E-state index contributed by atoms with van der Waals surface area (Å²) in [5, 5.41) is 2.84. The number of aryl methyl sites for hydroxylation is 1. The highest BCUT2D eigenvalue weighted by Gasteiger charge is 2.38. The van der Waals surface area contributed by atoms with Crippen LogP contribution in [0.25, 0.3) is 6.08 Å². The van der Waals surface area contributed by atoms with Crippen molar-refractivity contribution in [2.45, 2.75) is 19.9 Å². The Balaban J connectivity index is 1.47. The van der Waals surface area contributed by atoms with Crippen LogP contribution in [0.3, 0.4) is 0 Å². The van der Waals surface area contributed by atoms with Gasteiger partial charge in [0.25, 0.3) is 5.91 Å². The van der Waals surface area contributed by atoms with Gasteiger partial charge >= 0.3 is 0 Å². The van der Waals surface area contributed by atoms with Crippen molar-refractivity contribution in [2.75, 3.05) is 5.32 Å². The van der Waals surface area contributed by atoms with Crippen LogP contribution in [0.1, 0.15) is 18.1 Å². The second-order valence-electron chi connectivity index (χ2n) is 7.57. The van der Waals surface area contributed by atoms with Gasteiger partial charge < -0.3 is 10.1 Å². The number of hydrogen-bond acceptors (Lipinski definition) is 5. The maximum absolute atomic E-state index is 13.1. The first-order valence-corrected chi connectivity index (χ1v) is 11.6. The average molecular weight is 475 g/mol. The van der Waals surface area contributed by atoms with E-state index in [0.717, 1.165) is 16.9 Å². The van der Waals surface area contributed by atoms with Crippen LogP contribution in [-0.4, -0.2) is 27.1 Å². The van der Waals surface area contributed by atoms with Crippen LogP contribution in [0.5, 0.6) is 11.5 Å². The van der Waals surface area contributed by atoms with Crippen molar-refractivity contribution in [3.8, 4) is 11.5 Å². The Kier molecular flexibility index (Phi) is 6.91. The van der Waals surface area contributed by atoms with Gasteiger partial charge in [-0.3, -0.25) is 14.5 Å². The molecular formula is C26H22N2O3S2. The quantitative estimate of drug-likeness (QED) is 0.350. The van der Waals surface area contributed by atoms with Gasteiger partial charge in [0, 0.05) is 5.69 Å². The molecule has 1 saturated heterocycles. The molecule has 0 aromatic heterocycles. The third kappa shape index (κ3) is 5.50. The first kappa shape index (κ1) is 22.8. The molecule has 5 nitrogen and oxygen atoms in total. The minimum Gasteiger partial charge on any atom is -0.457 e. The van der Waals surface area contributed by atoms with Crippen LogP contribution < -0.4 is 10.1 Å². The Hall–Kier alpha value is -3.42. The van der Waals surface area contributed by atoms with Gasteiger partial charge in [0.15, 0.2) is 0 Å². The van der Waals surface area contributed by atoms with Crippen LogP contribution >= 0.6 is 24.0 Å². The normalized spacial score (nSPS) is 15.6. The molecule has 3 aromatic rings. The summed E-state index contributed by atoms with van der Waals surface area (Å²) in [5.41, 5.74) is 2.58. The molecule has 0 saturated carbocycles. The molecule has 1 unspecified atom stereocenters. The number of rotatable bonds is 6. The molecule has 166 valence electrons. The summed E-state index contributed by atoms with van der Waals surface area (Å²) in [7, 11) is 0. The second-order valence-corrected chi connectivity index (χ2v) is 9.25. The first-order chi connectivity index (χ1) is 15.9. The highest BCUT2D eigenvalue weighted by atomic mass is 32.2. The number of nitrogens with zero attached hydrogens (tertiary/aromatic N) is 1. The average Bonchev–Trinajstić information content (AvgIpc) is 3.08. The largest absolute Gasteiger partial charge is 0.457 e. The van der Waals surface area contributed by atoms with E-state index in [1.165, 1.54) is 16.7 Å². The lowest BCUT2D eigenvalue weighted by Gasteiger charge is -2.22. The molecule has 0 spiro atoms. The standard InChI is InChI=1S/C26H22N2O3S2/c1-17-11-13-20(14-12-17)27-24(29)18(2)28-25(30)23(33-26(28)32)16-19-7-6-10-22(15-19)31-21-8-4-3-5-9-21/h3-16,18H,1-2H3,(H,27,29)/b23-16-. The van der Waals surface area contributed by atoms with Crippen LogP contribution in [0.4, 0.5) is 5.69 Å². The van der Waals surface area contributed by atoms with Crippen molar-refractivity contribution in [1.29, 1.82) is 0 Å². The number of hydrogen-bond donors (Lipinski definition) is 1. The monoisotopic (exact) mass is 474 g/mol. The minimum atomic E-state index is -0.738. The lowest BCUT2D eigenvalue weighted by Crippen LogP contribution is -2.44. The van der Waals surface area contributed by atoms with Gasteiger partial charge in [-0.15, -0.1) is 0 Å². The van der Waals surface area contributed by atoms with Gasteiger partial charge in [-0.05, 0) is 61.9 Å². The van der Waals surface area contributed by atoms with E-state index in [-0.39, 0.29) is 11.8 Å². The summed E-state index contributed by atoms with van der Waals surface area (Å²) in [4.78, 5) is 27.7. The fraction of sp³-hybridized carbons (Fsp3) is 0.115. The zero-order chi connectivity index (χ0) is 23.4. The van der Waals surface area contributed by atoms with Crippen molar-refractivity contribution in [3.63, 3.8) is 0 Å². The molecule has 0 radical (unpaired) electrons. The van der Waals surface area contributed by atoms with Gasteiger partial charge in [-0.1, -0.05) is 72.0 Å². The summed E-state index contributed by atoms with van der Waals surface area (Å²) in [5.74, 6) is 0.811. The van der Waals surface area contributed by atoms with Gasteiger partial charge in [-0.2, -0.15) is 0 Å². The van der Waals surface area contributed by atoms with Crippen LogP contribution in [0.2, 0.25) is 0 Å². The van der Waals surface area contributed by atoms with E-state index in [2.05, 4.69) is 5.32 Å². The fourth-order valence-electron chi connectivity index (χ4n) is 3.26. The molecule has 2 amide bonds. The molecule has 33 heavy (non-hydrogen) atoms. The molecule has 0 aliphatic carbocycles. The maximum atomic E-state index is 13.1. The number of para-hydroxylation sites is 1. The number of anilines is 1. The van der Waals surface area contributed by atoms with Gasteiger partial charge in [-0.25, -0.2) is 0 Å². The number of thiocarbonyl (C=S) groups is 1. The van der Waals surface area contributed by atoms with E-state index in [1.807, 2.05) is 85.8 Å². The predicted octanol–water partition coefficient (Wildman–Crippen LogP) is 6.02. The van der Waals surface area contributed by atoms with E-state index in [4.69, 9.17) is 17.0 Å². The molecular weight excluding hydrogens is 452 g/mol. The Morgan fingerprint density at radius 3 is 2.45 bits per heavy atom. The number of amides is 2. The molecule has 1 aliphatic rings. The zero-order valence-corrected chi connectivity index (χ0v) is 19.8. The van der Waals surface area contributed by atoms with Crippen molar-refractivity contribution in [2.24, 2.45) is 0 Å². The van der Waals surface area contributed by atoms with E-state index in [9.17, 15) is 9.59 Å². The lowest BCUT2D eigenvalue weighted by atomic mass is 10.2. The summed E-state index contributed by atoms with van der Waals surface area (Å²) < 4.78 is 6.23. The number of carbonyl (C=O) groups is 2. The topological polar surface area (TPSA) is 58.6 Å². The fourth-order valence-corrected chi connectivity index (χ4v) is 4.68. The first-order valence-electron chi connectivity index (χ1n) is 10.4. The third-order valence-corrected chi connectivity index (χ3v) is 6.37. The SMILES string of the molecule is Cc1ccc(NC(=O)C(C)N2C(=O)/C(=C/c3cccc(Oc4ccccc4)c3)SC2=S)cc1. The molecule has 4 rings (SSSR count). The number of carbonyl (C=O) groups excluding carboxylic acids is 2. The summed E-state index contributed by atoms with van der Waals surface area (Å²) >= 11 is 6.61. The van der Waals surface area contributed by atoms with Crippen LogP contribution in [-0.2, 0) is 9.59 Å². The van der Waals surface area contributed by atoms with E-state index < -0.39 is 6.04 Å². The summed E-state index contributed by atoms with van der Waals surface area (Å²) in [6, 6.07) is 23.7. The van der Waals surface area contributed by atoms with Crippen LogP contribution in [0.15, 0.2) is 83.8 Å². The highest BCUT2D eigenvalue weighted by Crippen LogP contribution is 2.35. The van der Waals surface area contributed by atoms with Crippen molar-refractivity contribution < 1.29 is 14.3 Å². The van der Waals surface area contributed by atoms with E-state index in [1.54, 1.807) is 13.0 Å². The number of thioether (sulfide) groups is 1. The van der Waals surface area contributed by atoms with E-state index >= 15 is 0 Å². The molecule has 3 aromatic carbocycles. The maximum Gasteiger partial charge on any atom is 0.266 e. The third-order valence-electron chi connectivity index (χ3n) is 5.04. The summed E-state index contributed by atoms with van der Waals surface area (Å²) in [6.07, 6.45) is 1.77. The minimum absolute atomic E-state index is 0.286. The van der Waals surface area contributed by atoms with E-state index in [0.29, 0.717) is 20.7 Å². The summed E-state index contributed by atoms with van der Waals surface area (Å²) in [6.45, 7) is 3.65. The molecule has 0 bridgehead atoms. The molecule has 1 atom stereocenters. The smallest absolute Gasteiger partial charge is 0.266 e.